The van der Waals surface area contributed by atoms with Gasteiger partial charge >= 0.3 is 12.0 Å². The first-order valence-electron chi connectivity index (χ1n) is 11.8. The molecule has 4 bridgehead atoms. The number of carbonyl (C=O) groups is 2. The van der Waals surface area contributed by atoms with Crippen molar-refractivity contribution in [3.63, 3.8) is 0 Å². The van der Waals surface area contributed by atoms with E-state index in [2.05, 4.69) is 10.3 Å². The van der Waals surface area contributed by atoms with E-state index >= 15 is 0 Å². The number of hydrogen-bond acceptors (Lipinski definition) is 6. The van der Waals surface area contributed by atoms with Crippen LogP contribution >= 0.6 is 11.3 Å². The maximum atomic E-state index is 13.4. The second kappa shape index (κ2) is 9.86. The van der Waals surface area contributed by atoms with Crippen LogP contribution in [-0.4, -0.2) is 53.8 Å². The molecule has 0 spiro atoms. The van der Waals surface area contributed by atoms with E-state index < -0.39 is 5.97 Å². The van der Waals surface area contributed by atoms with Gasteiger partial charge < -0.3 is 19.7 Å². The number of hydrogen-bond donors (Lipinski definition) is 1. The summed E-state index contributed by atoms with van der Waals surface area (Å²) in [5, 5.41) is 5.93. The van der Waals surface area contributed by atoms with Gasteiger partial charge in [0.2, 0.25) is 0 Å². The average Bonchev–Trinajstić information content (AvgIpc) is 3.18. The molecule has 0 unspecified atom stereocenters. The second-order valence-corrected chi connectivity index (χ2v) is 10.4. The lowest BCUT2D eigenvalue weighted by molar-refractivity contribution is -0.0159. The van der Waals surface area contributed by atoms with E-state index in [4.69, 9.17) is 9.47 Å². The third kappa shape index (κ3) is 5.40. The van der Waals surface area contributed by atoms with Gasteiger partial charge in [0, 0.05) is 30.7 Å². The predicted molar refractivity (Wildman–Crippen MR) is 119 cm³/mol. The van der Waals surface area contributed by atoms with Gasteiger partial charge in [-0.25, -0.2) is 14.6 Å². The fourth-order valence-corrected chi connectivity index (χ4v) is 6.95. The van der Waals surface area contributed by atoms with Crippen molar-refractivity contribution >= 4 is 23.3 Å². The molecule has 1 aromatic heterocycles. The molecule has 4 saturated carbocycles. The first kappa shape index (κ1) is 22.5. The average molecular weight is 450 g/mol. The number of amides is 2. The Bertz CT molecular complexity index is 745. The summed E-state index contributed by atoms with van der Waals surface area (Å²) >= 11 is 1.40. The van der Waals surface area contributed by atoms with Crippen molar-refractivity contribution in [1.82, 2.24) is 15.2 Å². The lowest BCUT2D eigenvalue weighted by Crippen LogP contribution is -2.61. The van der Waals surface area contributed by atoms with Gasteiger partial charge in [0.25, 0.3) is 0 Å². The number of thiazole rings is 1. The van der Waals surface area contributed by atoms with E-state index in [0.29, 0.717) is 38.6 Å². The van der Waals surface area contributed by atoms with Gasteiger partial charge in [-0.3, -0.25) is 0 Å². The molecule has 0 aliphatic heterocycles. The Morgan fingerprint density at radius 1 is 1.16 bits per heavy atom. The Hall–Kier alpha value is -1.67. The summed E-state index contributed by atoms with van der Waals surface area (Å²) in [6.07, 6.45) is 8.21. The zero-order chi connectivity index (χ0) is 21.8. The molecule has 1 aromatic rings. The van der Waals surface area contributed by atoms with Crippen molar-refractivity contribution in [3.05, 3.63) is 16.1 Å². The largest absolute Gasteiger partial charge is 0.461 e. The molecule has 0 saturated heterocycles. The van der Waals surface area contributed by atoms with Crippen LogP contribution in [0.2, 0.25) is 0 Å². The Balaban J connectivity index is 1.42. The van der Waals surface area contributed by atoms with Crippen LogP contribution in [0.1, 0.15) is 74.3 Å². The molecular formula is C23H35N3O4S. The van der Waals surface area contributed by atoms with Gasteiger partial charge in [-0.2, -0.15) is 0 Å². The second-order valence-electron chi connectivity index (χ2n) is 9.45. The lowest BCUT2D eigenvalue weighted by atomic mass is 9.53. The van der Waals surface area contributed by atoms with Gasteiger partial charge in [0.05, 0.1) is 13.2 Å². The van der Waals surface area contributed by atoms with Crippen LogP contribution in [0.25, 0.3) is 0 Å². The molecule has 8 heteroatoms. The van der Waals surface area contributed by atoms with E-state index in [0.717, 1.165) is 48.4 Å². The highest BCUT2D eigenvalue weighted by atomic mass is 32.1. The molecule has 31 heavy (non-hydrogen) atoms. The molecule has 4 fully saturated rings. The minimum atomic E-state index is -0.411. The smallest absolute Gasteiger partial charge is 0.357 e. The SMILES string of the molecule is CCOCCCN(Cc1nc(C(=O)OCC)cs1)C(=O)NC12CC3CC(CC(C3)C1)C2. The van der Waals surface area contributed by atoms with Gasteiger partial charge in [-0.15, -0.1) is 11.3 Å². The van der Waals surface area contributed by atoms with Gasteiger partial charge in [0.15, 0.2) is 5.69 Å². The summed E-state index contributed by atoms with van der Waals surface area (Å²) in [7, 11) is 0. The van der Waals surface area contributed by atoms with Gasteiger partial charge in [0.1, 0.15) is 5.01 Å². The van der Waals surface area contributed by atoms with Gasteiger partial charge in [-0.1, -0.05) is 0 Å². The Kier molecular flexibility index (Phi) is 7.16. The molecule has 2 amide bonds. The third-order valence-electron chi connectivity index (χ3n) is 6.98. The third-order valence-corrected chi connectivity index (χ3v) is 7.81. The Morgan fingerprint density at radius 3 is 2.45 bits per heavy atom. The topological polar surface area (TPSA) is 80.8 Å². The maximum Gasteiger partial charge on any atom is 0.357 e. The fraction of sp³-hybridized carbons (Fsp3) is 0.783. The molecule has 172 valence electrons. The van der Waals surface area contributed by atoms with E-state index in [1.54, 1.807) is 12.3 Å². The summed E-state index contributed by atoms with van der Waals surface area (Å²) in [6.45, 7) is 6.38. The highest BCUT2D eigenvalue weighted by Crippen LogP contribution is 2.55. The number of urea groups is 1. The van der Waals surface area contributed by atoms with Crippen LogP contribution in [0.15, 0.2) is 5.38 Å². The van der Waals surface area contributed by atoms with Gasteiger partial charge in [-0.05, 0) is 76.5 Å². The molecule has 1 heterocycles. The summed E-state index contributed by atoms with van der Waals surface area (Å²) in [5.41, 5.74) is 0.292. The highest BCUT2D eigenvalue weighted by molar-refractivity contribution is 7.09. The molecular weight excluding hydrogens is 414 g/mol. The number of ether oxygens (including phenoxy) is 2. The minimum Gasteiger partial charge on any atom is -0.461 e. The number of rotatable bonds is 10. The van der Waals surface area contributed by atoms with Crippen molar-refractivity contribution < 1.29 is 19.1 Å². The predicted octanol–water partition coefficient (Wildman–Crippen LogP) is 4.23. The Morgan fingerprint density at radius 2 is 1.84 bits per heavy atom. The van der Waals surface area contributed by atoms with Crippen molar-refractivity contribution in [2.24, 2.45) is 17.8 Å². The number of nitrogens with one attached hydrogen (secondary N) is 1. The molecule has 7 nitrogen and oxygen atoms in total. The zero-order valence-electron chi connectivity index (χ0n) is 18.7. The molecule has 1 N–H and O–H groups in total. The van der Waals surface area contributed by atoms with E-state index in [9.17, 15) is 9.59 Å². The van der Waals surface area contributed by atoms with Crippen LogP contribution in [0.4, 0.5) is 4.79 Å². The van der Waals surface area contributed by atoms with Crippen LogP contribution in [-0.2, 0) is 16.0 Å². The van der Waals surface area contributed by atoms with Crippen molar-refractivity contribution in [1.29, 1.82) is 0 Å². The molecule has 5 rings (SSSR count). The van der Waals surface area contributed by atoms with E-state index in [1.807, 2.05) is 11.8 Å². The lowest BCUT2D eigenvalue weighted by Gasteiger charge is -2.57. The number of aromatic nitrogens is 1. The van der Waals surface area contributed by atoms with E-state index in [-0.39, 0.29) is 11.6 Å². The summed E-state index contributed by atoms with van der Waals surface area (Å²) in [6, 6.07) is -0.00802. The normalized spacial score (nSPS) is 28.5. The quantitative estimate of drug-likeness (QED) is 0.427. The van der Waals surface area contributed by atoms with Crippen LogP contribution in [0, 0.1) is 17.8 Å². The van der Waals surface area contributed by atoms with Crippen LogP contribution in [0.3, 0.4) is 0 Å². The number of esters is 1. The first-order valence-corrected chi connectivity index (χ1v) is 12.6. The van der Waals surface area contributed by atoms with Crippen LogP contribution in [0.5, 0.6) is 0 Å². The maximum absolute atomic E-state index is 13.4. The zero-order valence-corrected chi connectivity index (χ0v) is 19.5. The summed E-state index contributed by atoms with van der Waals surface area (Å²) in [4.78, 5) is 31.6. The van der Waals surface area contributed by atoms with E-state index in [1.165, 1.54) is 30.6 Å². The molecule has 0 atom stereocenters. The van der Waals surface area contributed by atoms with Crippen molar-refractivity contribution in [3.8, 4) is 0 Å². The molecule has 4 aliphatic rings. The molecule has 0 radical (unpaired) electrons. The Labute approximate surface area is 188 Å². The first-order chi connectivity index (χ1) is 15.0. The molecule has 4 aliphatic carbocycles. The fourth-order valence-electron chi connectivity index (χ4n) is 6.17. The number of nitrogens with zero attached hydrogens (tertiary/aromatic N) is 2. The van der Waals surface area contributed by atoms with Crippen LogP contribution < -0.4 is 5.32 Å². The minimum absolute atomic E-state index is 0.00802. The summed E-state index contributed by atoms with van der Waals surface area (Å²) < 4.78 is 10.5. The monoisotopic (exact) mass is 449 g/mol. The standard InChI is InChI=1S/C23H35N3O4S/c1-3-29-7-5-6-26(14-20-24-19(15-31-20)21(27)30-4-2)22(28)25-23-11-16-8-17(12-23)10-18(9-16)13-23/h15-18H,3-14H2,1-2H3,(H,25,28). The number of carbonyl (C=O) groups excluding carboxylic acids is 2. The highest BCUT2D eigenvalue weighted by Gasteiger charge is 2.51. The summed E-state index contributed by atoms with van der Waals surface area (Å²) in [5.74, 6) is 1.93. The molecule has 0 aromatic carbocycles. The van der Waals surface area contributed by atoms with Crippen molar-refractivity contribution in [2.45, 2.75) is 70.9 Å². The van der Waals surface area contributed by atoms with Crippen molar-refractivity contribution in [2.75, 3.05) is 26.4 Å².